The summed E-state index contributed by atoms with van der Waals surface area (Å²) in [6.07, 6.45) is 0.878. The van der Waals surface area contributed by atoms with Crippen LogP contribution in [0, 0.1) is 6.92 Å². The fourth-order valence-corrected chi connectivity index (χ4v) is 2.92. The molecule has 2 aromatic carbocycles. The summed E-state index contributed by atoms with van der Waals surface area (Å²) in [6, 6.07) is 14.0. The van der Waals surface area contributed by atoms with Crippen molar-refractivity contribution >= 4 is 22.9 Å². The number of furan rings is 1. The van der Waals surface area contributed by atoms with E-state index in [9.17, 15) is 4.79 Å². The first-order chi connectivity index (χ1) is 11.2. The third-order valence-corrected chi connectivity index (χ3v) is 4.23. The number of fused-ring (bicyclic) bond motifs is 1. The van der Waals surface area contributed by atoms with Crippen LogP contribution in [-0.4, -0.2) is 19.4 Å². The summed E-state index contributed by atoms with van der Waals surface area (Å²) in [5.41, 5.74) is 4.61. The number of benzene rings is 2. The molecule has 0 saturated carbocycles. The monoisotopic (exact) mass is 307 g/mol. The molecule has 1 aromatic heterocycles. The normalized spacial score (nSPS) is 10.9. The molecule has 3 nitrogen and oxygen atoms in total. The lowest BCUT2D eigenvalue weighted by Crippen LogP contribution is -2.21. The molecular formula is C20H21NO2. The van der Waals surface area contributed by atoms with E-state index in [0.29, 0.717) is 5.56 Å². The summed E-state index contributed by atoms with van der Waals surface area (Å²) in [5, 5.41) is 1.05. The fraction of sp³-hybridized carbons (Fsp3) is 0.250. The van der Waals surface area contributed by atoms with Crippen molar-refractivity contribution in [2.75, 3.05) is 18.0 Å². The molecule has 0 fully saturated rings. The van der Waals surface area contributed by atoms with Gasteiger partial charge in [-0.15, -0.1) is 0 Å². The highest BCUT2D eigenvalue weighted by atomic mass is 16.3. The van der Waals surface area contributed by atoms with E-state index in [-0.39, 0.29) is 0 Å². The van der Waals surface area contributed by atoms with Crippen LogP contribution >= 0.6 is 0 Å². The minimum absolute atomic E-state index is 0.652. The predicted octanol–water partition coefficient (Wildman–Crippen LogP) is 5.07. The molecule has 1 heterocycles. The Morgan fingerprint density at radius 3 is 2.52 bits per heavy atom. The smallest absolute Gasteiger partial charge is 0.150 e. The molecule has 0 aliphatic carbocycles. The van der Waals surface area contributed by atoms with Gasteiger partial charge in [0.05, 0.1) is 0 Å². The molecule has 0 amide bonds. The Kier molecular flexibility index (Phi) is 4.20. The van der Waals surface area contributed by atoms with E-state index >= 15 is 0 Å². The van der Waals surface area contributed by atoms with E-state index in [4.69, 9.17) is 4.42 Å². The Balaban J connectivity index is 2.10. The van der Waals surface area contributed by atoms with Crippen LogP contribution in [0.1, 0.15) is 29.8 Å². The van der Waals surface area contributed by atoms with E-state index < -0.39 is 0 Å². The number of nitrogens with zero attached hydrogens (tertiary/aromatic N) is 1. The lowest BCUT2D eigenvalue weighted by atomic mass is 10.0. The molecule has 3 heteroatoms. The van der Waals surface area contributed by atoms with Crippen molar-refractivity contribution in [3.8, 4) is 11.3 Å². The quantitative estimate of drug-likeness (QED) is 0.617. The summed E-state index contributed by atoms with van der Waals surface area (Å²) >= 11 is 0. The lowest BCUT2D eigenvalue weighted by molar-refractivity contribution is 0.112. The van der Waals surface area contributed by atoms with Gasteiger partial charge in [-0.1, -0.05) is 17.7 Å². The lowest BCUT2D eigenvalue weighted by Gasteiger charge is -2.20. The number of carbonyl (C=O) groups excluding carboxylic acids is 1. The average molecular weight is 307 g/mol. The van der Waals surface area contributed by atoms with Gasteiger partial charge in [0.1, 0.15) is 11.3 Å². The molecule has 0 aliphatic rings. The number of anilines is 1. The van der Waals surface area contributed by atoms with Crippen molar-refractivity contribution in [1.29, 1.82) is 0 Å². The Morgan fingerprint density at radius 2 is 1.83 bits per heavy atom. The van der Waals surface area contributed by atoms with Crippen LogP contribution in [0.15, 0.2) is 46.9 Å². The van der Waals surface area contributed by atoms with E-state index in [1.165, 1.54) is 0 Å². The third-order valence-electron chi connectivity index (χ3n) is 4.23. The second-order valence-corrected chi connectivity index (χ2v) is 5.71. The molecule has 0 N–H and O–H groups in total. The summed E-state index contributed by atoms with van der Waals surface area (Å²) in [6.45, 7) is 8.22. The zero-order chi connectivity index (χ0) is 16.4. The van der Waals surface area contributed by atoms with Crippen molar-refractivity contribution < 1.29 is 9.21 Å². The summed E-state index contributed by atoms with van der Waals surface area (Å²) in [7, 11) is 0. The van der Waals surface area contributed by atoms with Gasteiger partial charge in [0, 0.05) is 41.4 Å². The molecule has 3 aromatic rings. The van der Waals surface area contributed by atoms with Gasteiger partial charge < -0.3 is 9.32 Å². The molecule has 0 radical (unpaired) electrons. The van der Waals surface area contributed by atoms with Crippen LogP contribution in [0.4, 0.5) is 5.69 Å². The third kappa shape index (κ3) is 2.87. The van der Waals surface area contributed by atoms with Crippen LogP contribution < -0.4 is 4.90 Å². The zero-order valence-electron chi connectivity index (χ0n) is 13.8. The van der Waals surface area contributed by atoms with E-state index in [0.717, 1.165) is 52.9 Å². The number of aryl methyl sites for hydroxylation is 1. The standard InChI is InChI=1S/C20H21NO2/c1-4-21(5-2)17-9-8-15-11-20(23-19(15)12-17)18-10-14(3)6-7-16(18)13-22/h6-13H,4-5H2,1-3H3. The minimum Gasteiger partial charge on any atom is -0.456 e. The molecule has 0 saturated heterocycles. The van der Waals surface area contributed by atoms with E-state index in [2.05, 4.69) is 36.9 Å². The van der Waals surface area contributed by atoms with Crippen LogP contribution in [0.5, 0.6) is 0 Å². The minimum atomic E-state index is 0.652. The number of rotatable bonds is 5. The highest BCUT2D eigenvalue weighted by Gasteiger charge is 2.12. The second-order valence-electron chi connectivity index (χ2n) is 5.71. The molecule has 0 aliphatic heterocycles. The fourth-order valence-electron chi connectivity index (χ4n) is 2.92. The Morgan fingerprint density at radius 1 is 1.04 bits per heavy atom. The van der Waals surface area contributed by atoms with Crippen LogP contribution in [0.2, 0.25) is 0 Å². The van der Waals surface area contributed by atoms with Crippen molar-refractivity contribution in [3.63, 3.8) is 0 Å². The number of carbonyl (C=O) groups is 1. The van der Waals surface area contributed by atoms with Gasteiger partial charge in [0.2, 0.25) is 0 Å². The summed E-state index contributed by atoms with van der Waals surface area (Å²) < 4.78 is 6.05. The summed E-state index contributed by atoms with van der Waals surface area (Å²) in [4.78, 5) is 13.6. The molecule has 0 unspecified atom stereocenters. The highest BCUT2D eigenvalue weighted by Crippen LogP contribution is 2.32. The number of aldehydes is 1. The first kappa shape index (κ1) is 15.3. The number of hydrogen-bond donors (Lipinski definition) is 0. The maximum absolute atomic E-state index is 11.3. The van der Waals surface area contributed by atoms with Crippen LogP contribution in [0.3, 0.4) is 0 Å². The molecule has 23 heavy (non-hydrogen) atoms. The topological polar surface area (TPSA) is 33.5 Å². The van der Waals surface area contributed by atoms with E-state index in [1.807, 2.05) is 31.2 Å². The first-order valence-electron chi connectivity index (χ1n) is 8.01. The molecular weight excluding hydrogens is 286 g/mol. The zero-order valence-corrected chi connectivity index (χ0v) is 13.8. The van der Waals surface area contributed by atoms with Crippen LogP contribution in [-0.2, 0) is 0 Å². The van der Waals surface area contributed by atoms with Gasteiger partial charge in [-0.3, -0.25) is 4.79 Å². The van der Waals surface area contributed by atoms with Crippen LogP contribution in [0.25, 0.3) is 22.3 Å². The van der Waals surface area contributed by atoms with Gasteiger partial charge >= 0.3 is 0 Å². The largest absolute Gasteiger partial charge is 0.456 e. The van der Waals surface area contributed by atoms with Gasteiger partial charge in [-0.25, -0.2) is 0 Å². The SMILES string of the molecule is CCN(CC)c1ccc2cc(-c3cc(C)ccc3C=O)oc2c1. The van der Waals surface area contributed by atoms with Crippen molar-refractivity contribution in [2.45, 2.75) is 20.8 Å². The molecule has 0 spiro atoms. The van der Waals surface area contributed by atoms with Gasteiger partial charge in [0.15, 0.2) is 6.29 Å². The van der Waals surface area contributed by atoms with Gasteiger partial charge in [-0.2, -0.15) is 0 Å². The summed E-state index contributed by atoms with van der Waals surface area (Å²) in [5.74, 6) is 0.738. The van der Waals surface area contributed by atoms with Crippen molar-refractivity contribution in [3.05, 3.63) is 53.6 Å². The Labute approximate surface area is 136 Å². The van der Waals surface area contributed by atoms with Crippen molar-refractivity contribution in [1.82, 2.24) is 0 Å². The highest BCUT2D eigenvalue weighted by molar-refractivity contribution is 5.91. The molecule has 3 rings (SSSR count). The van der Waals surface area contributed by atoms with Gasteiger partial charge in [-0.05, 0) is 45.0 Å². The maximum Gasteiger partial charge on any atom is 0.150 e. The predicted molar refractivity (Wildman–Crippen MR) is 95.3 cm³/mol. The Bertz CT molecular complexity index is 844. The van der Waals surface area contributed by atoms with Crippen molar-refractivity contribution in [2.24, 2.45) is 0 Å². The molecule has 0 atom stereocenters. The average Bonchev–Trinajstić information content (AvgIpc) is 2.99. The Hall–Kier alpha value is -2.55. The maximum atomic E-state index is 11.3. The van der Waals surface area contributed by atoms with Gasteiger partial charge in [0.25, 0.3) is 0 Å². The molecule has 0 bridgehead atoms. The first-order valence-corrected chi connectivity index (χ1v) is 8.01. The molecule has 118 valence electrons. The van der Waals surface area contributed by atoms with E-state index in [1.54, 1.807) is 0 Å². The number of hydrogen-bond acceptors (Lipinski definition) is 3. The second kappa shape index (κ2) is 6.29.